The minimum atomic E-state index is -0.270. The summed E-state index contributed by atoms with van der Waals surface area (Å²) in [6.07, 6.45) is 3.65. The molecule has 0 spiro atoms. The first-order valence-electron chi connectivity index (χ1n) is 10.7. The number of halogens is 1. The predicted molar refractivity (Wildman–Crippen MR) is 133 cm³/mol. The smallest absolute Gasteiger partial charge is 0.247 e. The number of nitrogens with zero attached hydrogens (tertiary/aromatic N) is 3. The van der Waals surface area contributed by atoms with Gasteiger partial charge in [-0.25, -0.2) is 9.97 Å². The van der Waals surface area contributed by atoms with E-state index in [0.29, 0.717) is 17.1 Å². The van der Waals surface area contributed by atoms with Gasteiger partial charge in [0.15, 0.2) is 0 Å². The number of hydrogen-bond donors (Lipinski definition) is 1. The van der Waals surface area contributed by atoms with Crippen LogP contribution in [0.4, 0.5) is 11.4 Å². The maximum Gasteiger partial charge on any atom is 0.247 e. The van der Waals surface area contributed by atoms with Crippen molar-refractivity contribution in [3.8, 4) is 0 Å². The van der Waals surface area contributed by atoms with E-state index >= 15 is 0 Å². The zero-order valence-corrected chi connectivity index (χ0v) is 20.0. The average molecular weight is 481 g/mol. The summed E-state index contributed by atoms with van der Waals surface area (Å²) < 4.78 is 5.43. The van der Waals surface area contributed by atoms with Crippen LogP contribution in [0.5, 0.6) is 0 Å². The zero-order chi connectivity index (χ0) is 23.2. The largest absolute Gasteiger partial charge is 0.378 e. The van der Waals surface area contributed by atoms with Gasteiger partial charge in [-0.1, -0.05) is 42.1 Å². The number of carbonyl (C=O) groups is 1. The molecule has 33 heavy (non-hydrogen) atoms. The minimum Gasteiger partial charge on any atom is -0.378 e. The van der Waals surface area contributed by atoms with Crippen LogP contribution in [0.1, 0.15) is 17.0 Å². The molecule has 1 aliphatic rings. The maximum atomic E-state index is 11.6. The van der Waals surface area contributed by atoms with Crippen molar-refractivity contribution < 1.29 is 9.53 Å². The number of amides is 1. The Balaban J connectivity index is 1.44. The molecule has 1 fully saturated rings. The lowest BCUT2D eigenvalue weighted by molar-refractivity contribution is -0.111. The number of morpholine rings is 1. The van der Waals surface area contributed by atoms with E-state index in [1.807, 2.05) is 25.1 Å². The summed E-state index contributed by atoms with van der Waals surface area (Å²) in [6, 6.07) is 14.1. The number of carbonyl (C=O) groups excluding carboxylic acids is 1. The third-order valence-electron chi connectivity index (χ3n) is 5.36. The van der Waals surface area contributed by atoms with Crippen LogP contribution in [0.15, 0.2) is 71.2 Å². The van der Waals surface area contributed by atoms with Crippen molar-refractivity contribution in [2.24, 2.45) is 0 Å². The van der Waals surface area contributed by atoms with Gasteiger partial charge in [-0.05, 0) is 54.5 Å². The van der Waals surface area contributed by atoms with Gasteiger partial charge in [-0.15, -0.1) is 0 Å². The van der Waals surface area contributed by atoms with Crippen molar-refractivity contribution in [1.29, 1.82) is 0 Å². The highest BCUT2D eigenvalue weighted by molar-refractivity contribution is 7.99. The normalized spacial score (nSPS) is 13.6. The Morgan fingerprint density at radius 1 is 1.21 bits per heavy atom. The lowest BCUT2D eigenvalue weighted by Gasteiger charge is -2.28. The summed E-state index contributed by atoms with van der Waals surface area (Å²) >= 11 is 8.04. The van der Waals surface area contributed by atoms with E-state index in [4.69, 9.17) is 21.3 Å². The summed E-state index contributed by atoms with van der Waals surface area (Å²) in [5, 5.41) is 4.17. The van der Waals surface area contributed by atoms with E-state index in [1.54, 1.807) is 6.20 Å². The van der Waals surface area contributed by atoms with Crippen LogP contribution in [0, 0.1) is 6.92 Å². The molecule has 0 radical (unpaired) electrons. The molecule has 0 saturated carbocycles. The maximum absolute atomic E-state index is 11.6. The first-order valence-corrected chi connectivity index (χ1v) is 11.9. The van der Waals surface area contributed by atoms with Gasteiger partial charge in [0.2, 0.25) is 5.91 Å². The Morgan fingerprint density at radius 3 is 2.70 bits per heavy atom. The third kappa shape index (κ3) is 5.93. The Labute approximate surface area is 203 Å². The van der Waals surface area contributed by atoms with Gasteiger partial charge in [0.05, 0.1) is 18.2 Å². The van der Waals surface area contributed by atoms with Gasteiger partial charge >= 0.3 is 0 Å². The van der Waals surface area contributed by atoms with Crippen LogP contribution in [-0.4, -0.2) is 42.2 Å². The SMILES string of the molecule is C=CC(=O)Nc1ccc(Sc2ccnc(Cc3ccc(N4CCOCC4)cc3)n2)c(Cl)c1C. The quantitative estimate of drug-likeness (QED) is 0.373. The molecule has 3 aromatic rings. The summed E-state index contributed by atoms with van der Waals surface area (Å²) in [5.41, 5.74) is 3.83. The molecule has 0 bridgehead atoms. The zero-order valence-electron chi connectivity index (χ0n) is 18.4. The van der Waals surface area contributed by atoms with Crippen LogP contribution in [0.2, 0.25) is 5.02 Å². The molecule has 1 aromatic heterocycles. The van der Waals surface area contributed by atoms with Crippen molar-refractivity contribution >= 4 is 40.6 Å². The number of anilines is 2. The van der Waals surface area contributed by atoms with Crippen LogP contribution in [0.3, 0.4) is 0 Å². The fourth-order valence-corrected chi connectivity index (χ4v) is 4.69. The van der Waals surface area contributed by atoms with Crippen LogP contribution in [0.25, 0.3) is 0 Å². The molecule has 1 N–H and O–H groups in total. The van der Waals surface area contributed by atoms with Gasteiger partial charge in [-0.2, -0.15) is 0 Å². The second-order valence-electron chi connectivity index (χ2n) is 7.60. The Kier molecular flexibility index (Phi) is 7.65. The molecule has 4 rings (SSSR count). The van der Waals surface area contributed by atoms with Gasteiger partial charge in [-0.3, -0.25) is 4.79 Å². The first kappa shape index (κ1) is 23.3. The molecule has 1 amide bonds. The number of hydrogen-bond acceptors (Lipinski definition) is 6. The number of benzene rings is 2. The molecule has 0 atom stereocenters. The molecular formula is C25H25ClN4O2S. The van der Waals surface area contributed by atoms with Gasteiger partial charge in [0.1, 0.15) is 10.9 Å². The van der Waals surface area contributed by atoms with Crippen molar-refractivity contribution in [3.63, 3.8) is 0 Å². The van der Waals surface area contributed by atoms with Crippen molar-refractivity contribution in [2.45, 2.75) is 23.3 Å². The van der Waals surface area contributed by atoms with E-state index < -0.39 is 0 Å². The second-order valence-corrected chi connectivity index (χ2v) is 9.04. The second kappa shape index (κ2) is 10.8. The monoisotopic (exact) mass is 480 g/mol. The van der Waals surface area contributed by atoms with Gasteiger partial charge in [0, 0.05) is 42.0 Å². The van der Waals surface area contributed by atoms with E-state index in [-0.39, 0.29) is 5.91 Å². The minimum absolute atomic E-state index is 0.270. The third-order valence-corrected chi connectivity index (χ3v) is 6.96. The molecule has 2 aromatic carbocycles. The molecule has 1 saturated heterocycles. The number of nitrogens with one attached hydrogen (secondary N) is 1. The molecule has 0 aliphatic carbocycles. The molecular weight excluding hydrogens is 456 g/mol. The average Bonchev–Trinajstić information content (AvgIpc) is 2.85. The summed E-state index contributed by atoms with van der Waals surface area (Å²) in [4.78, 5) is 24.0. The van der Waals surface area contributed by atoms with Crippen molar-refractivity contribution in [3.05, 3.63) is 83.3 Å². The molecule has 0 unspecified atom stereocenters. The van der Waals surface area contributed by atoms with E-state index in [1.165, 1.54) is 23.5 Å². The Bertz CT molecular complexity index is 1150. The Hall–Kier alpha value is -2.87. The molecule has 1 aliphatic heterocycles. The Morgan fingerprint density at radius 2 is 1.97 bits per heavy atom. The standard InChI is InChI=1S/C25H25ClN4O2S/c1-3-23(31)28-20-8-9-21(25(26)17(20)2)33-24-10-11-27-22(29-24)16-18-4-6-19(7-5-18)30-12-14-32-15-13-30/h3-11H,1,12-16H2,2H3,(H,28,31). The van der Waals surface area contributed by atoms with Crippen LogP contribution in [-0.2, 0) is 16.0 Å². The van der Waals surface area contributed by atoms with E-state index in [0.717, 1.165) is 53.2 Å². The fraction of sp³-hybridized carbons (Fsp3) is 0.240. The van der Waals surface area contributed by atoms with Crippen molar-refractivity contribution in [2.75, 3.05) is 36.5 Å². The van der Waals surface area contributed by atoms with Gasteiger partial charge < -0.3 is 15.0 Å². The summed E-state index contributed by atoms with van der Waals surface area (Å²) in [6.45, 7) is 8.74. The lowest BCUT2D eigenvalue weighted by atomic mass is 10.1. The van der Waals surface area contributed by atoms with E-state index in [9.17, 15) is 4.79 Å². The van der Waals surface area contributed by atoms with Gasteiger partial charge in [0.25, 0.3) is 0 Å². The number of ether oxygens (including phenoxy) is 1. The highest BCUT2D eigenvalue weighted by Crippen LogP contribution is 2.37. The molecule has 6 nitrogen and oxygen atoms in total. The summed E-state index contributed by atoms with van der Waals surface area (Å²) in [5.74, 6) is 0.481. The molecule has 2 heterocycles. The fourth-order valence-electron chi connectivity index (χ4n) is 3.52. The highest BCUT2D eigenvalue weighted by Gasteiger charge is 2.13. The number of aromatic nitrogens is 2. The first-order chi connectivity index (χ1) is 16.0. The lowest BCUT2D eigenvalue weighted by Crippen LogP contribution is -2.36. The molecule has 8 heteroatoms. The van der Waals surface area contributed by atoms with E-state index in [2.05, 4.69) is 46.0 Å². The number of rotatable bonds is 7. The molecule has 170 valence electrons. The van der Waals surface area contributed by atoms with Crippen molar-refractivity contribution in [1.82, 2.24) is 9.97 Å². The predicted octanol–water partition coefficient (Wildman–Crippen LogP) is 5.14. The summed E-state index contributed by atoms with van der Waals surface area (Å²) in [7, 11) is 0. The topological polar surface area (TPSA) is 67.4 Å². The van der Waals surface area contributed by atoms with Crippen LogP contribution < -0.4 is 10.2 Å². The van der Waals surface area contributed by atoms with Crippen LogP contribution >= 0.6 is 23.4 Å². The highest BCUT2D eigenvalue weighted by atomic mass is 35.5.